The Labute approximate surface area is 213 Å². The van der Waals surface area contributed by atoms with Crippen molar-refractivity contribution >= 4 is 51.2 Å². The molecule has 0 unspecified atom stereocenters. The Balaban J connectivity index is 1.41. The minimum Gasteiger partial charge on any atom is -0.295 e. The summed E-state index contributed by atoms with van der Waals surface area (Å²) >= 11 is 9.76. The van der Waals surface area contributed by atoms with Crippen LogP contribution in [-0.4, -0.2) is 32.7 Å². The number of carbonyl (C=O) groups is 2. The van der Waals surface area contributed by atoms with Gasteiger partial charge < -0.3 is 0 Å². The highest BCUT2D eigenvalue weighted by atomic mass is 79.9. The van der Waals surface area contributed by atoms with Crippen LogP contribution in [0.2, 0.25) is 5.02 Å². The van der Waals surface area contributed by atoms with Crippen molar-refractivity contribution < 1.29 is 9.59 Å². The molecule has 35 heavy (non-hydrogen) atoms. The number of nitrogens with zero attached hydrogens (tertiary/aromatic N) is 3. The van der Waals surface area contributed by atoms with E-state index in [4.69, 9.17) is 11.6 Å². The first-order valence-electron chi connectivity index (χ1n) is 10.7. The molecule has 174 valence electrons. The summed E-state index contributed by atoms with van der Waals surface area (Å²) in [5, 5.41) is 3.48. The predicted molar refractivity (Wildman–Crippen MR) is 138 cm³/mol. The number of aromatic amines is 1. The Morgan fingerprint density at radius 2 is 1.63 bits per heavy atom. The van der Waals surface area contributed by atoms with Crippen LogP contribution in [0.1, 0.15) is 37.5 Å². The topological polar surface area (TPSA) is 87.5 Å². The molecule has 3 aromatic carbocycles. The monoisotopic (exact) mass is 548 g/mol. The number of aliphatic imine (C=N–C) groups is 1. The molecule has 1 N–H and O–H groups in total. The van der Waals surface area contributed by atoms with Gasteiger partial charge >= 0.3 is 0 Å². The van der Waals surface area contributed by atoms with E-state index in [0.717, 1.165) is 4.47 Å². The van der Waals surface area contributed by atoms with Gasteiger partial charge in [-0.1, -0.05) is 39.7 Å². The summed E-state index contributed by atoms with van der Waals surface area (Å²) in [6.07, 6.45) is 1.50. The van der Waals surface area contributed by atoms with Crippen molar-refractivity contribution in [2.24, 2.45) is 4.99 Å². The number of nitrogens with one attached hydrogen (secondary N) is 1. The van der Waals surface area contributed by atoms with Crippen LogP contribution >= 0.6 is 27.5 Å². The van der Waals surface area contributed by atoms with Crippen LogP contribution in [0.15, 0.2) is 81.0 Å². The summed E-state index contributed by atoms with van der Waals surface area (Å²) in [6.45, 7) is 1.82. The van der Waals surface area contributed by atoms with E-state index in [9.17, 15) is 14.4 Å². The number of imide groups is 1. The van der Waals surface area contributed by atoms with Crippen molar-refractivity contribution in [3.05, 3.63) is 115 Å². The lowest BCUT2D eigenvalue weighted by Crippen LogP contribution is -2.29. The van der Waals surface area contributed by atoms with Gasteiger partial charge in [0, 0.05) is 21.4 Å². The highest BCUT2D eigenvalue weighted by Crippen LogP contribution is 2.28. The second kappa shape index (κ2) is 9.13. The minimum absolute atomic E-state index is 0.0219. The van der Waals surface area contributed by atoms with Gasteiger partial charge in [-0.2, -0.15) is 0 Å². The van der Waals surface area contributed by atoms with E-state index >= 15 is 0 Å². The van der Waals surface area contributed by atoms with Crippen molar-refractivity contribution in [1.82, 2.24) is 14.7 Å². The largest absolute Gasteiger partial charge is 0.295 e. The number of hydrogen-bond donors (Lipinski definition) is 1. The number of hydrogen-bond acceptors (Lipinski definition) is 4. The van der Waals surface area contributed by atoms with Crippen LogP contribution < -0.4 is 5.56 Å². The number of aryl methyl sites for hydroxylation is 1. The lowest BCUT2D eigenvalue weighted by atomic mass is 10.1. The fourth-order valence-corrected chi connectivity index (χ4v) is 4.38. The van der Waals surface area contributed by atoms with Crippen molar-refractivity contribution in [2.75, 3.05) is 0 Å². The maximum absolute atomic E-state index is 13.0. The number of amides is 2. The number of carbonyl (C=O) groups excluding carboxylic acids is 2. The van der Waals surface area contributed by atoms with Crippen LogP contribution in [0.4, 0.5) is 5.69 Å². The average molecular weight is 550 g/mol. The highest BCUT2D eigenvalue weighted by Gasteiger charge is 2.35. The molecule has 0 bridgehead atoms. The van der Waals surface area contributed by atoms with E-state index in [0.29, 0.717) is 44.3 Å². The second-order valence-electron chi connectivity index (χ2n) is 8.04. The van der Waals surface area contributed by atoms with E-state index in [-0.39, 0.29) is 23.9 Å². The molecule has 0 saturated carbocycles. The molecule has 1 aromatic heterocycles. The first-order valence-corrected chi connectivity index (χ1v) is 11.9. The fraction of sp³-hybridized carbons (Fsp3) is 0.0769. The van der Waals surface area contributed by atoms with Crippen LogP contribution in [-0.2, 0) is 6.54 Å². The Bertz CT molecular complexity index is 1540. The second-order valence-corrected chi connectivity index (χ2v) is 9.37. The molecule has 0 saturated heterocycles. The van der Waals surface area contributed by atoms with Crippen molar-refractivity contribution in [2.45, 2.75) is 13.5 Å². The first kappa shape index (κ1) is 23.0. The molecule has 5 rings (SSSR count). The van der Waals surface area contributed by atoms with E-state index < -0.39 is 0 Å². The molecule has 0 spiro atoms. The summed E-state index contributed by atoms with van der Waals surface area (Å²) in [4.78, 5) is 44.0. The zero-order chi connectivity index (χ0) is 24.7. The Morgan fingerprint density at radius 3 is 2.29 bits per heavy atom. The lowest BCUT2D eigenvalue weighted by Gasteiger charge is -2.15. The number of aromatic nitrogens is 2. The molecule has 9 heteroatoms. The molecule has 1 aliphatic heterocycles. The Morgan fingerprint density at radius 1 is 0.971 bits per heavy atom. The Kier molecular flexibility index (Phi) is 6.00. The van der Waals surface area contributed by atoms with E-state index in [1.807, 2.05) is 24.3 Å². The van der Waals surface area contributed by atoms with Crippen molar-refractivity contribution in [3.8, 4) is 5.69 Å². The van der Waals surface area contributed by atoms with Crippen LogP contribution in [0.5, 0.6) is 0 Å². The van der Waals surface area contributed by atoms with Gasteiger partial charge in [0.25, 0.3) is 17.4 Å². The molecular weight excluding hydrogens is 532 g/mol. The van der Waals surface area contributed by atoms with Gasteiger partial charge in [-0.25, -0.2) is 4.68 Å². The predicted octanol–water partition coefficient (Wildman–Crippen LogP) is 5.44. The average Bonchev–Trinajstić information content (AvgIpc) is 3.27. The van der Waals surface area contributed by atoms with E-state index in [2.05, 4.69) is 26.0 Å². The summed E-state index contributed by atoms with van der Waals surface area (Å²) in [5.41, 5.74) is 3.45. The fourth-order valence-electron chi connectivity index (χ4n) is 3.94. The third-order valence-electron chi connectivity index (χ3n) is 5.78. The van der Waals surface area contributed by atoms with Crippen molar-refractivity contribution in [3.63, 3.8) is 0 Å². The molecule has 2 amide bonds. The summed E-state index contributed by atoms with van der Waals surface area (Å²) in [6, 6.07) is 19.2. The summed E-state index contributed by atoms with van der Waals surface area (Å²) < 4.78 is 2.37. The standard InChI is InChI=1S/C26H18BrClN4O3/c1-15-22(26(35)32(30-15)19-9-6-17(27)7-10-19)13-29-18-8-11-23(28)16(12-18)14-31-24(33)20-4-2-3-5-21(20)25(31)34/h2-13,30H,14H2,1H3. The van der Waals surface area contributed by atoms with Crippen LogP contribution in [0, 0.1) is 6.92 Å². The molecular formula is C26H18BrClN4O3. The maximum Gasteiger partial charge on any atom is 0.280 e. The van der Waals surface area contributed by atoms with Gasteiger partial charge in [0.1, 0.15) is 0 Å². The van der Waals surface area contributed by atoms with Gasteiger partial charge in [-0.3, -0.25) is 29.4 Å². The van der Waals surface area contributed by atoms with Gasteiger partial charge in [0.2, 0.25) is 0 Å². The smallest absolute Gasteiger partial charge is 0.280 e. The third kappa shape index (κ3) is 4.26. The zero-order valence-electron chi connectivity index (χ0n) is 18.5. The van der Waals surface area contributed by atoms with Crippen LogP contribution in [0.3, 0.4) is 0 Å². The Hall–Kier alpha value is -3.75. The van der Waals surface area contributed by atoms with Crippen LogP contribution in [0.25, 0.3) is 5.69 Å². The third-order valence-corrected chi connectivity index (χ3v) is 6.68. The van der Waals surface area contributed by atoms with Gasteiger partial charge in [0.15, 0.2) is 0 Å². The number of H-pyrrole nitrogens is 1. The molecule has 0 radical (unpaired) electrons. The molecule has 7 nitrogen and oxygen atoms in total. The SMILES string of the molecule is Cc1[nH]n(-c2ccc(Br)cc2)c(=O)c1C=Nc1ccc(Cl)c(CN2C(=O)c3ccccc3C2=O)c1. The quantitative estimate of drug-likeness (QED) is 0.266. The van der Waals surface area contributed by atoms with Crippen molar-refractivity contribution in [1.29, 1.82) is 0 Å². The van der Waals surface area contributed by atoms with Gasteiger partial charge in [0.05, 0.1) is 34.6 Å². The maximum atomic E-state index is 13.0. The number of halogens is 2. The van der Waals surface area contributed by atoms with E-state index in [1.165, 1.54) is 15.8 Å². The molecule has 0 atom stereocenters. The number of benzene rings is 3. The molecule has 2 heterocycles. The van der Waals surface area contributed by atoms with Gasteiger partial charge in [-0.05, 0) is 67.1 Å². The van der Waals surface area contributed by atoms with Gasteiger partial charge in [-0.15, -0.1) is 0 Å². The number of rotatable bonds is 5. The lowest BCUT2D eigenvalue weighted by molar-refractivity contribution is 0.0642. The molecule has 0 aliphatic carbocycles. The normalized spacial score (nSPS) is 13.2. The first-order chi connectivity index (χ1) is 16.8. The molecule has 1 aliphatic rings. The number of fused-ring (bicyclic) bond motifs is 1. The van der Waals surface area contributed by atoms with E-state index in [1.54, 1.807) is 49.4 Å². The summed E-state index contributed by atoms with van der Waals surface area (Å²) in [7, 11) is 0. The molecule has 0 fully saturated rings. The summed E-state index contributed by atoms with van der Waals surface area (Å²) in [5.74, 6) is -0.709. The minimum atomic E-state index is -0.355. The highest BCUT2D eigenvalue weighted by molar-refractivity contribution is 9.10. The zero-order valence-corrected chi connectivity index (χ0v) is 20.8. The molecule has 4 aromatic rings.